The molecule has 0 bridgehead atoms. The quantitative estimate of drug-likeness (QED) is 0.383. The summed E-state index contributed by atoms with van der Waals surface area (Å²) in [6.07, 6.45) is 1.74. The van der Waals surface area contributed by atoms with Crippen molar-refractivity contribution in [1.29, 1.82) is 0 Å². The second-order valence-electron chi connectivity index (χ2n) is 7.26. The Morgan fingerprint density at radius 3 is 2.57 bits per heavy atom. The molecular formula is C24H20BrNO3S. The fourth-order valence-corrected chi connectivity index (χ4v) is 4.85. The number of halogens is 1. The van der Waals surface area contributed by atoms with Gasteiger partial charge in [0.05, 0.1) is 9.38 Å². The molecule has 1 aliphatic rings. The number of thioether (sulfide) groups is 1. The third-order valence-corrected chi connectivity index (χ3v) is 6.36. The van der Waals surface area contributed by atoms with Crippen LogP contribution in [0.4, 0.5) is 4.79 Å². The van der Waals surface area contributed by atoms with E-state index >= 15 is 0 Å². The summed E-state index contributed by atoms with van der Waals surface area (Å²) >= 11 is 4.53. The smallest absolute Gasteiger partial charge is 0.293 e. The van der Waals surface area contributed by atoms with E-state index in [0.717, 1.165) is 33.1 Å². The number of carbonyl (C=O) groups is 2. The van der Waals surface area contributed by atoms with Gasteiger partial charge < -0.3 is 4.74 Å². The third-order valence-electron chi connectivity index (χ3n) is 4.86. The SMILES string of the molecule is CC(C)N1C(=O)S/C(=C/c2ccc(OCc3cccc4ccccc34)c(Br)c2)C1=O. The lowest BCUT2D eigenvalue weighted by Crippen LogP contribution is -2.34. The minimum Gasteiger partial charge on any atom is -0.488 e. The average molecular weight is 482 g/mol. The molecular weight excluding hydrogens is 462 g/mol. The number of ether oxygens (including phenoxy) is 1. The number of carbonyl (C=O) groups excluding carboxylic acids is 2. The molecule has 4 nitrogen and oxygen atoms in total. The summed E-state index contributed by atoms with van der Waals surface area (Å²) in [7, 11) is 0. The highest BCUT2D eigenvalue weighted by Gasteiger charge is 2.36. The molecule has 4 rings (SSSR count). The van der Waals surface area contributed by atoms with Crippen molar-refractivity contribution in [1.82, 2.24) is 4.90 Å². The number of amides is 2. The summed E-state index contributed by atoms with van der Waals surface area (Å²) in [6.45, 7) is 4.11. The van der Waals surface area contributed by atoms with E-state index in [1.807, 2.05) is 50.2 Å². The fraction of sp³-hybridized carbons (Fsp3) is 0.167. The van der Waals surface area contributed by atoms with E-state index < -0.39 is 0 Å². The molecule has 0 N–H and O–H groups in total. The number of hydrogen-bond acceptors (Lipinski definition) is 4. The second-order valence-corrected chi connectivity index (χ2v) is 9.11. The van der Waals surface area contributed by atoms with Crippen molar-refractivity contribution in [3.63, 3.8) is 0 Å². The van der Waals surface area contributed by atoms with Crippen molar-refractivity contribution in [2.45, 2.75) is 26.5 Å². The third kappa shape index (κ3) is 4.16. The van der Waals surface area contributed by atoms with Crippen LogP contribution in [0.15, 0.2) is 70.0 Å². The van der Waals surface area contributed by atoms with Crippen LogP contribution in [0.1, 0.15) is 25.0 Å². The summed E-state index contributed by atoms with van der Waals surface area (Å²) in [4.78, 5) is 26.2. The van der Waals surface area contributed by atoms with Gasteiger partial charge in [0, 0.05) is 6.04 Å². The van der Waals surface area contributed by atoms with Gasteiger partial charge in [-0.15, -0.1) is 0 Å². The van der Waals surface area contributed by atoms with Crippen molar-refractivity contribution in [2.75, 3.05) is 0 Å². The van der Waals surface area contributed by atoms with Crippen LogP contribution in [-0.4, -0.2) is 22.1 Å². The molecule has 6 heteroatoms. The molecule has 3 aromatic carbocycles. The Hall–Kier alpha value is -2.57. The van der Waals surface area contributed by atoms with Crippen LogP contribution in [0.25, 0.3) is 16.8 Å². The molecule has 2 amide bonds. The van der Waals surface area contributed by atoms with E-state index in [-0.39, 0.29) is 17.2 Å². The molecule has 0 spiro atoms. The van der Waals surface area contributed by atoms with Gasteiger partial charge in [0.2, 0.25) is 0 Å². The largest absolute Gasteiger partial charge is 0.488 e. The van der Waals surface area contributed by atoms with Crippen molar-refractivity contribution in [3.05, 3.63) is 81.2 Å². The van der Waals surface area contributed by atoms with Gasteiger partial charge in [0.1, 0.15) is 12.4 Å². The molecule has 0 radical (unpaired) electrons. The molecule has 0 unspecified atom stereocenters. The molecule has 0 aliphatic carbocycles. The Balaban J connectivity index is 1.51. The highest BCUT2D eigenvalue weighted by molar-refractivity contribution is 9.10. The second kappa shape index (κ2) is 8.66. The lowest BCUT2D eigenvalue weighted by atomic mass is 10.1. The van der Waals surface area contributed by atoms with Crippen LogP contribution >= 0.6 is 27.7 Å². The molecule has 3 aromatic rings. The zero-order chi connectivity index (χ0) is 21.3. The number of nitrogens with zero attached hydrogens (tertiary/aromatic N) is 1. The maximum Gasteiger partial charge on any atom is 0.293 e. The number of benzene rings is 3. The first kappa shape index (κ1) is 20.7. The first-order valence-electron chi connectivity index (χ1n) is 9.60. The van der Waals surface area contributed by atoms with Gasteiger partial charge in [0.15, 0.2) is 0 Å². The molecule has 1 heterocycles. The summed E-state index contributed by atoms with van der Waals surface area (Å²) in [5, 5.41) is 2.13. The van der Waals surface area contributed by atoms with Gasteiger partial charge in [-0.25, -0.2) is 0 Å². The standard InChI is InChI=1S/C24H20BrNO3S/c1-15(2)26-23(27)22(30-24(26)28)13-16-10-11-21(20(25)12-16)29-14-18-8-5-7-17-6-3-4-9-19(17)18/h3-13,15H,14H2,1-2H3/b22-13+. The Morgan fingerprint density at radius 2 is 1.83 bits per heavy atom. The number of fused-ring (bicyclic) bond motifs is 1. The van der Waals surface area contributed by atoms with Gasteiger partial charge >= 0.3 is 0 Å². The molecule has 0 atom stereocenters. The van der Waals surface area contributed by atoms with E-state index in [1.54, 1.807) is 6.08 Å². The van der Waals surface area contributed by atoms with Gasteiger partial charge in [-0.3, -0.25) is 14.5 Å². The van der Waals surface area contributed by atoms with Crippen molar-refractivity contribution >= 4 is 55.7 Å². The first-order valence-corrected chi connectivity index (χ1v) is 11.2. The normalized spacial score (nSPS) is 15.6. The Bertz CT molecular complexity index is 1170. The number of rotatable bonds is 5. The molecule has 30 heavy (non-hydrogen) atoms. The highest BCUT2D eigenvalue weighted by Crippen LogP contribution is 2.35. The van der Waals surface area contributed by atoms with Gasteiger partial charge in [-0.1, -0.05) is 48.5 Å². The van der Waals surface area contributed by atoms with Crippen LogP contribution in [0.3, 0.4) is 0 Å². The number of imide groups is 1. The monoisotopic (exact) mass is 481 g/mol. The van der Waals surface area contributed by atoms with Crippen LogP contribution in [0.2, 0.25) is 0 Å². The minimum absolute atomic E-state index is 0.153. The van der Waals surface area contributed by atoms with E-state index in [0.29, 0.717) is 11.5 Å². The van der Waals surface area contributed by atoms with Gasteiger partial charge in [-0.2, -0.15) is 0 Å². The average Bonchev–Trinajstić information content (AvgIpc) is 3.00. The summed E-state index contributed by atoms with van der Waals surface area (Å²) in [5.41, 5.74) is 1.94. The Kier molecular flexibility index (Phi) is 5.97. The predicted molar refractivity (Wildman–Crippen MR) is 125 cm³/mol. The maximum absolute atomic E-state index is 12.5. The van der Waals surface area contributed by atoms with Crippen molar-refractivity contribution < 1.29 is 14.3 Å². The Labute approximate surface area is 188 Å². The lowest BCUT2D eigenvalue weighted by molar-refractivity contribution is -0.123. The van der Waals surface area contributed by atoms with E-state index in [4.69, 9.17) is 4.74 Å². The summed E-state index contributed by atoms with van der Waals surface area (Å²) in [5.74, 6) is 0.475. The van der Waals surface area contributed by atoms with E-state index in [1.165, 1.54) is 15.7 Å². The van der Waals surface area contributed by atoms with Crippen molar-refractivity contribution in [3.8, 4) is 5.75 Å². The zero-order valence-corrected chi connectivity index (χ0v) is 19.0. The van der Waals surface area contributed by atoms with Gasteiger partial charge in [-0.05, 0) is 81.6 Å². The Morgan fingerprint density at radius 1 is 1.07 bits per heavy atom. The molecule has 1 saturated heterocycles. The maximum atomic E-state index is 12.5. The molecule has 0 saturated carbocycles. The lowest BCUT2D eigenvalue weighted by Gasteiger charge is -2.16. The van der Waals surface area contributed by atoms with Crippen LogP contribution in [0, 0.1) is 0 Å². The molecule has 152 valence electrons. The predicted octanol–water partition coefficient (Wildman–Crippen LogP) is 6.63. The zero-order valence-electron chi connectivity index (χ0n) is 16.6. The first-order chi connectivity index (χ1) is 14.4. The molecule has 1 fully saturated rings. The molecule has 0 aromatic heterocycles. The minimum atomic E-state index is -0.243. The van der Waals surface area contributed by atoms with Crippen LogP contribution in [-0.2, 0) is 11.4 Å². The highest BCUT2D eigenvalue weighted by atomic mass is 79.9. The number of hydrogen-bond donors (Lipinski definition) is 0. The summed E-state index contributed by atoms with van der Waals surface area (Å²) < 4.78 is 6.83. The summed E-state index contributed by atoms with van der Waals surface area (Å²) in [6, 6.07) is 19.9. The van der Waals surface area contributed by atoms with Crippen LogP contribution < -0.4 is 4.74 Å². The topological polar surface area (TPSA) is 46.6 Å². The van der Waals surface area contributed by atoms with Crippen LogP contribution in [0.5, 0.6) is 5.75 Å². The van der Waals surface area contributed by atoms with E-state index in [9.17, 15) is 9.59 Å². The molecule has 1 aliphatic heterocycles. The van der Waals surface area contributed by atoms with Gasteiger partial charge in [0.25, 0.3) is 11.1 Å². The van der Waals surface area contributed by atoms with Crippen molar-refractivity contribution in [2.24, 2.45) is 0 Å². The fourth-order valence-electron chi connectivity index (χ4n) is 3.37. The van der Waals surface area contributed by atoms with E-state index in [2.05, 4.69) is 40.2 Å².